The molecule has 0 saturated carbocycles. The number of nitrogens with zero attached hydrogens (tertiary/aromatic N) is 2. The van der Waals surface area contributed by atoms with E-state index in [1.54, 1.807) is 13.2 Å². The third-order valence-corrected chi connectivity index (χ3v) is 2.49. The summed E-state index contributed by atoms with van der Waals surface area (Å²) in [6, 6.07) is 1.67. The highest BCUT2D eigenvalue weighted by Crippen LogP contribution is 2.19. The van der Waals surface area contributed by atoms with Crippen LogP contribution in [0.1, 0.15) is 32.0 Å². The van der Waals surface area contributed by atoms with E-state index < -0.39 is 0 Å². The summed E-state index contributed by atoms with van der Waals surface area (Å²) in [4.78, 5) is 11.9. The fraction of sp³-hybridized carbons (Fsp3) is 0.667. The van der Waals surface area contributed by atoms with E-state index in [1.165, 1.54) is 4.68 Å². The molecule has 0 aliphatic carbocycles. The molecular weight excluding hydrogens is 220 g/mol. The Hall–Kier alpha value is -1.20. The normalized spacial score (nSPS) is 11.8. The largest absolute Gasteiger partial charge is 0.391 e. The highest BCUT2D eigenvalue weighted by atomic mass is 16.5. The molecule has 1 heterocycles. The first-order valence-electron chi connectivity index (χ1n) is 5.61. The molecular formula is C12H20N2O3. The molecule has 1 rings (SSSR count). The summed E-state index contributed by atoms with van der Waals surface area (Å²) in [5, 5.41) is 13.5. The molecule has 96 valence electrons. The average molecular weight is 240 g/mol. The third kappa shape index (κ3) is 3.38. The first kappa shape index (κ1) is 13.9. The first-order chi connectivity index (χ1) is 7.90. The lowest BCUT2D eigenvalue weighted by molar-refractivity contribution is 0.180. The lowest BCUT2D eigenvalue weighted by atomic mass is 9.91. The fourth-order valence-corrected chi connectivity index (χ4v) is 1.41. The van der Waals surface area contributed by atoms with Gasteiger partial charge in [-0.05, 0) is 6.07 Å². The molecule has 5 nitrogen and oxygen atoms in total. The summed E-state index contributed by atoms with van der Waals surface area (Å²) in [6.07, 6.45) is 0. The van der Waals surface area contributed by atoms with E-state index in [-0.39, 0.29) is 17.6 Å². The summed E-state index contributed by atoms with van der Waals surface area (Å²) in [5.41, 5.74) is 0.753. The van der Waals surface area contributed by atoms with Gasteiger partial charge in [0.1, 0.15) is 0 Å². The van der Waals surface area contributed by atoms with Gasteiger partial charge in [-0.2, -0.15) is 5.10 Å². The molecule has 0 amide bonds. The Balaban J connectivity index is 3.24. The SMILES string of the molecule is COCCn1nc(C(C)(C)C)cc(CO)c1=O. The maximum atomic E-state index is 11.9. The molecule has 0 aliphatic rings. The van der Waals surface area contributed by atoms with Crippen molar-refractivity contribution in [1.82, 2.24) is 9.78 Å². The maximum Gasteiger partial charge on any atom is 0.272 e. The van der Waals surface area contributed by atoms with Gasteiger partial charge in [0.15, 0.2) is 0 Å². The Kier molecular flexibility index (Phi) is 4.42. The topological polar surface area (TPSA) is 64.3 Å². The van der Waals surface area contributed by atoms with Crippen molar-refractivity contribution in [3.8, 4) is 0 Å². The van der Waals surface area contributed by atoms with Crippen molar-refractivity contribution in [1.29, 1.82) is 0 Å². The van der Waals surface area contributed by atoms with Crippen LogP contribution in [0.5, 0.6) is 0 Å². The smallest absolute Gasteiger partial charge is 0.272 e. The number of aliphatic hydroxyl groups is 1. The van der Waals surface area contributed by atoms with Gasteiger partial charge in [0.25, 0.3) is 5.56 Å². The Morgan fingerprint density at radius 3 is 2.59 bits per heavy atom. The molecule has 1 aromatic heterocycles. The Labute approximate surface area is 101 Å². The zero-order valence-corrected chi connectivity index (χ0v) is 10.9. The van der Waals surface area contributed by atoms with Crippen LogP contribution in [0.15, 0.2) is 10.9 Å². The minimum absolute atomic E-state index is 0.160. The van der Waals surface area contributed by atoms with Crippen LogP contribution in [0, 0.1) is 0 Å². The van der Waals surface area contributed by atoms with Gasteiger partial charge in [-0.1, -0.05) is 20.8 Å². The number of methoxy groups -OCH3 is 1. The van der Waals surface area contributed by atoms with Crippen molar-refractivity contribution in [3.05, 3.63) is 27.7 Å². The fourth-order valence-electron chi connectivity index (χ4n) is 1.41. The van der Waals surface area contributed by atoms with E-state index in [1.807, 2.05) is 20.8 Å². The quantitative estimate of drug-likeness (QED) is 0.840. The summed E-state index contributed by atoms with van der Waals surface area (Å²) in [6.45, 7) is 6.60. The van der Waals surface area contributed by atoms with Crippen LogP contribution in [0.2, 0.25) is 0 Å². The highest BCUT2D eigenvalue weighted by Gasteiger charge is 2.18. The number of hydrogen-bond acceptors (Lipinski definition) is 4. The van der Waals surface area contributed by atoms with Gasteiger partial charge in [0, 0.05) is 18.1 Å². The standard InChI is InChI=1S/C12H20N2O3/c1-12(2,3)10-7-9(8-15)11(16)14(13-10)5-6-17-4/h7,15H,5-6,8H2,1-4H3. The van der Waals surface area contributed by atoms with Crippen molar-refractivity contribution in [2.24, 2.45) is 0 Å². The summed E-state index contributed by atoms with van der Waals surface area (Å²) in [5.74, 6) is 0. The van der Waals surface area contributed by atoms with Gasteiger partial charge < -0.3 is 9.84 Å². The highest BCUT2D eigenvalue weighted by molar-refractivity contribution is 5.18. The number of rotatable bonds is 4. The monoisotopic (exact) mass is 240 g/mol. The molecule has 1 aromatic rings. The number of ether oxygens (including phenoxy) is 1. The predicted octanol–water partition coefficient (Wildman–Crippen LogP) is 0.679. The number of aliphatic hydroxyl groups excluding tert-OH is 1. The van der Waals surface area contributed by atoms with Gasteiger partial charge in [0.2, 0.25) is 0 Å². The van der Waals surface area contributed by atoms with Crippen molar-refractivity contribution >= 4 is 0 Å². The molecule has 0 aliphatic heterocycles. The molecule has 0 atom stereocenters. The molecule has 0 radical (unpaired) electrons. The van der Waals surface area contributed by atoms with E-state index >= 15 is 0 Å². The zero-order valence-electron chi connectivity index (χ0n) is 10.9. The summed E-state index contributed by atoms with van der Waals surface area (Å²) < 4.78 is 6.29. The van der Waals surface area contributed by atoms with E-state index in [0.29, 0.717) is 18.7 Å². The molecule has 1 N–H and O–H groups in total. The number of hydrogen-bond donors (Lipinski definition) is 1. The Morgan fingerprint density at radius 2 is 2.12 bits per heavy atom. The van der Waals surface area contributed by atoms with E-state index in [9.17, 15) is 9.90 Å². The van der Waals surface area contributed by atoms with Crippen LogP contribution in [-0.4, -0.2) is 28.6 Å². The molecule has 0 spiro atoms. The van der Waals surface area contributed by atoms with Crippen molar-refractivity contribution < 1.29 is 9.84 Å². The Morgan fingerprint density at radius 1 is 1.47 bits per heavy atom. The van der Waals surface area contributed by atoms with Crippen LogP contribution in [0.25, 0.3) is 0 Å². The van der Waals surface area contributed by atoms with Crippen LogP contribution in [0.3, 0.4) is 0 Å². The summed E-state index contributed by atoms with van der Waals surface area (Å²) in [7, 11) is 1.58. The number of aromatic nitrogens is 2. The lowest BCUT2D eigenvalue weighted by Gasteiger charge is -2.19. The molecule has 0 fully saturated rings. The molecule has 5 heteroatoms. The van der Waals surface area contributed by atoms with E-state index in [4.69, 9.17) is 4.74 Å². The van der Waals surface area contributed by atoms with Gasteiger partial charge in [-0.3, -0.25) is 4.79 Å². The maximum absolute atomic E-state index is 11.9. The second kappa shape index (κ2) is 5.42. The Bertz CT molecular complexity index is 432. The van der Waals surface area contributed by atoms with Crippen LogP contribution in [0.4, 0.5) is 0 Å². The molecule has 0 bridgehead atoms. The van der Waals surface area contributed by atoms with Crippen molar-refractivity contribution in [3.63, 3.8) is 0 Å². The second-order valence-electron chi connectivity index (χ2n) is 4.98. The molecule has 0 aromatic carbocycles. The van der Waals surface area contributed by atoms with Crippen LogP contribution in [-0.2, 0) is 23.3 Å². The van der Waals surface area contributed by atoms with Crippen molar-refractivity contribution in [2.45, 2.75) is 39.3 Å². The van der Waals surface area contributed by atoms with Crippen LogP contribution < -0.4 is 5.56 Å². The minimum atomic E-state index is -0.266. The third-order valence-electron chi connectivity index (χ3n) is 2.49. The minimum Gasteiger partial charge on any atom is -0.391 e. The average Bonchev–Trinajstić information content (AvgIpc) is 2.26. The molecule has 0 unspecified atom stereocenters. The predicted molar refractivity (Wildman–Crippen MR) is 65.0 cm³/mol. The van der Waals surface area contributed by atoms with Crippen molar-refractivity contribution in [2.75, 3.05) is 13.7 Å². The van der Waals surface area contributed by atoms with E-state index in [2.05, 4.69) is 5.10 Å². The van der Waals surface area contributed by atoms with Crippen LogP contribution >= 0.6 is 0 Å². The van der Waals surface area contributed by atoms with Gasteiger partial charge in [-0.15, -0.1) is 0 Å². The lowest BCUT2D eigenvalue weighted by Crippen LogP contribution is -2.31. The summed E-state index contributed by atoms with van der Waals surface area (Å²) >= 11 is 0. The van der Waals surface area contributed by atoms with Gasteiger partial charge in [-0.25, -0.2) is 4.68 Å². The molecule has 17 heavy (non-hydrogen) atoms. The van der Waals surface area contributed by atoms with Gasteiger partial charge >= 0.3 is 0 Å². The first-order valence-corrected chi connectivity index (χ1v) is 5.61. The zero-order chi connectivity index (χ0) is 13.1. The molecule has 0 saturated heterocycles. The second-order valence-corrected chi connectivity index (χ2v) is 4.98. The van der Waals surface area contributed by atoms with Gasteiger partial charge in [0.05, 0.1) is 25.5 Å². The van der Waals surface area contributed by atoms with E-state index in [0.717, 1.165) is 5.69 Å².